The molecular weight excluding hydrogens is 256 g/mol. The fraction of sp³-hybridized carbons (Fsp3) is 0.250. The lowest BCUT2D eigenvalue weighted by Gasteiger charge is -1.95. The Morgan fingerprint density at radius 1 is 1.00 bits per heavy atom. The van der Waals surface area contributed by atoms with Gasteiger partial charge >= 0.3 is 11.9 Å². The Bertz CT molecular complexity index is 498. The highest BCUT2D eigenvalue weighted by molar-refractivity contribution is 5.86. The van der Waals surface area contributed by atoms with Crippen LogP contribution >= 0.6 is 0 Å². The quantitative estimate of drug-likeness (QED) is 0.827. The molecule has 0 amide bonds. The first kappa shape index (κ1) is 17.6. The Hall–Kier alpha value is -2.36. The Balaban J connectivity index is 0.000000441. The van der Waals surface area contributed by atoms with Crippen LogP contribution < -0.4 is 0 Å². The zero-order chi connectivity index (χ0) is 15.5. The standard InChI is InChI=1S/C11H12O2.C5H8O2/c1-9(11(12)13)7-8-10-5-3-2-4-6-10;1-3-4(2)5(6)7/h2-7H,8H2,1H3,(H,12,13);3H,1-2H3,(H,6,7). The highest BCUT2D eigenvalue weighted by Gasteiger charge is 1.98. The molecule has 108 valence electrons. The minimum atomic E-state index is -0.851. The normalized spacial score (nSPS) is 11.3. The van der Waals surface area contributed by atoms with Crippen molar-refractivity contribution in [2.24, 2.45) is 0 Å². The van der Waals surface area contributed by atoms with E-state index in [-0.39, 0.29) is 0 Å². The Kier molecular flexibility index (Phi) is 8.43. The first-order valence-corrected chi connectivity index (χ1v) is 6.18. The Morgan fingerprint density at radius 3 is 1.85 bits per heavy atom. The molecule has 0 radical (unpaired) electrons. The van der Waals surface area contributed by atoms with E-state index >= 15 is 0 Å². The average Bonchev–Trinajstić information content (AvgIpc) is 2.45. The van der Waals surface area contributed by atoms with Crippen LogP contribution in [-0.4, -0.2) is 22.2 Å². The predicted octanol–water partition coefficient (Wildman–Crippen LogP) is 3.30. The topological polar surface area (TPSA) is 74.6 Å². The van der Waals surface area contributed by atoms with Gasteiger partial charge in [-0.25, -0.2) is 9.59 Å². The third kappa shape index (κ3) is 7.87. The summed E-state index contributed by atoms with van der Waals surface area (Å²) in [6.45, 7) is 4.86. The molecule has 0 aromatic heterocycles. The lowest BCUT2D eigenvalue weighted by Crippen LogP contribution is -1.96. The molecule has 4 heteroatoms. The van der Waals surface area contributed by atoms with E-state index in [4.69, 9.17) is 10.2 Å². The van der Waals surface area contributed by atoms with Gasteiger partial charge in [-0.3, -0.25) is 0 Å². The van der Waals surface area contributed by atoms with Gasteiger partial charge in [0.15, 0.2) is 0 Å². The average molecular weight is 276 g/mol. The van der Waals surface area contributed by atoms with Crippen LogP contribution in [0.5, 0.6) is 0 Å². The summed E-state index contributed by atoms with van der Waals surface area (Å²) in [7, 11) is 0. The second kappa shape index (κ2) is 9.55. The molecule has 0 spiro atoms. The van der Waals surface area contributed by atoms with E-state index in [0.717, 1.165) is 5.56 Å². The fourth-order valence-corrected chi connectivity index (χ4v) is 1.10. The number of hydrogen-bond donors (Lipinski definition) is 2. The molecular formula is C16H20O4. The molecule has 4 nitrogen and oxygen atoms in total. The molecule has 0 aliphatic carbocycles. The van der Waals surface area contributed by atoms with Crippen molar-refractivity contribution in [1.29, 1.82) is 0 Å². The van der Waals surface area contributed by atoms with Crippen molar-refractivity contribution in [2.75, 3.05) is 0 Å². The summed E-state index contributed by atoms with van der Waals surface area (Å²) in [5.41, 5.74) is 1.91. The molecule has 0 saturated carbocycles. The molecule has 1 aromatic rings. The van der Waals surface area contributed by atoms with Crippen molar-refractivity contribution >= 4 is 11.9 Å². The van der Waals surface area contributed by atoms with Gasteiger partial charge in [0.1, 0.15) is 0 Å². The van der Waals surface area contributed by atoms with Crippen molar-refractivity contribution in [3.63, 3.8) is 0 Å². The molecule has 0 fully saturated rings. The van der Waals surface area contributed by atoms with E-state index in [1.54, 1.807) is 32.9 Å². The number of benzene rings is 1. The highest BCUT2D eigenvalue weighted by atomic mass is 16.4. The smallest absolute Gasteiger partial charge is 0.330 e. The van der Waals surface area contributed by atoms with E-state index in [0.29, 0.717) is 17.6 Å². The van der Waals surface area contributed by atoms with Crippen LogP contribution in [0.25, 0.3) is 0 Å². The summed E-state index contributed by atoms with van der Waals surface area (Å²) in [4.78, 5) is 20.3. The molecule has 20 heavy (non-hydrogen) atoms. The molecule has 0 heterocycles. The van der Waals surface area contributed by atoms with Gasteiger partial charge < -0.3 is 10.2 Å². The highest BCUT2D eigenvalue weighted by Crippen LogP contribution is 2.02. The van der Waals surface area contributed by atoms with Gasteiger partial charge in [0.05, 0.1) is 0 Å². The van der Waals surface area contributed by atoms with Crippen LogP contribution in [-0.2, 0) is 16.0 Å². The van der Waals surface area contributed by atoms with Crippen molar-refractivity contribution in [2.45, 2.75) is 27.2 Å². The summed E-state index contributed by atoms with van der Waals surface area (Å²) in [6, 6.07) is 9.78. The number of carboxylic acids is 2. The van der Waals surface area contributed by atoms with Crippen LogP contribution in [0.4, 0.5) is 0 Å². The van der Waals surface area contributed by atoms with Gasteiger partial charge in [0, 0.05) is 11.1 Å². The summed E-state index contributed by atoms with van der Waals surface area (Å²) >= 11 is 0. The van der Waals surface area contributed by atoms with Crippen LogP contribution in [0, 0.1) is 0 Å². The third-order valence-electron chi connectivity index (χ3n) is 2.59. The number of allylic oxidation sites excluding steroid dienone is 2. The Labute approximate surface area is 119 Å². The van der Waals surface area contributed by atoms with E-state index in [9.17, 15) is 9.59 Å². The summed E-state index contributed by atoms with van der Waals surface area (Å²) in [6.07, 6.45) is 3.96. The van der Waals surface area contributed by atoms with E-state index in [1.807, 2.05) is 30.3 Å². The fourth-order valence-electron chi connectivity index (χ4n) is 1.10. The SMILES string of the molecule is CC(=CCc1ccccc1)C(=O)O.CC=C(C)C(=O)O. The van der Waals surface area contributed by atoms with Crippen LogP contribution in [0.1, 0.15) is 26.3 Å². The summed E-state index contributed by atoms with van der Waals surface area (Å²) < 4.78 is 0. The zero-order valence-electron chi connectivity index (χ0n) is 12.0. The predicted molar refractivity (Wildman–Crippen MR) is 78.6 cm³/mol. The first-order chi connectivity index (χ1) is 9.38. The van der Waals surface area contributed by atoms with E-state index < -0.39 is 11.9 Å². The maximum absolute atomic E-state index is 10.5. The molecule has 1 rings (SSSR count). The summed E-state index contributed by atoms with van der Waals surface area (Å²) in [5.74, 6) is -1.70. The molecule has 0 saturated heterocycles. The van der Waals surface area contributed by atoms with Gasteiger partial charge in [-0.2, -0.15) is 0 Å². The maximum atomic E-state index is 10.5. The largest absolute Gasteiger partial charge is 0.478 e. The third-order valence-corrected chi connectivity index (χ3v) is 2.59. The number of aliphatic carboxylic acids is 2. The first-order valence-electron chi connectivity index (χ1n) is 6.18. The van der Waals surface area contributed by atoms with Crippen LogP contribution in [0.2, 0.25) is 0 Å². The lowest BCUT2D eigenvalue weighted by atomic mass is 10.1. The van der Waals surface area contributed by atoms with Gasteiger partial charge in [-0.1, -0.05) is 42.5 Å². The molecule has 0 unspecified atom stereocenters. The molecule has 0 atom stereocenters. The Morgan fingerprint density at radius 2 is 1.50 bits per heavy atom. The minimum Gasteiger partial charge on any atom is -0.478 e. The molecule has 0 aliphatic rings. The lowest BCUT2D eigenvalue weighted by molar-refractivity contribution is -0.133. The minimum absolute atomic E-state index is 0.389. The number of rotatable bonds is 4. The van der Waals surface area contributed by atoms with Crippen LogP contribution in [0.3, 0.4) is 0 Å². The number of hydrogen-bond acceptors (Lipinski definition) is 2. The van der Waals surface area contributed by atoms with E-state index in [2.05, 4.69) is 0 Å². The monoisotopic (exact) mass is 276 g/mol. The van der Waals surface area contributed by atoms with Crippen molar-refractivity contribution in [1.82, 2.24) is 0 Å². The molecule has 1 aromatic carbocycles. The van der Waals surface area contributed by atoms with Crippen molar-refractivity contribution in [3.05, 3.63) is 59.2 Å². The summed E-state index contributed by atoms with van der Waals surface area (Å²) in [5, 5.41) is 16.7. The van der Waals surface area contributed by atoms with Crippen molar-refractivity contribution in [3.8, 4) is 0 Å². The maximum Gasteiger partial charge on any atom is 0.330 e. The van der Waals surface area contributed by atoms with E-state index in [1.165, 1.54) is 0 Å². The van der Waals surface area contributed by atoms with Gasteiger partial charge in [0.2, 0.25) is 0 Å². The second-order valence-corrected chi connectivity index (χ2v) is 4.16. The molecule has 0 bridgehead atoms. The van der Waals surface area contributed by atoms with Crippen LogP contribution in [0.15, 0.2) is 53.6 Å². The zero-order valence-corrected chi connectivity index (χ0v) is 12.0. The molecule has 0 aliphatic heterocycles. The number of carboxylic acid groups (broad SMARTS) is 2. The van der Waals surface area contributed by atoms with Gasteiger partial charge in [-0.05, 0) is 32.8 Å². The number of carbonyl (C=O) groups is 2. The molecule has 2 N–H and O–H groups in total. The van der Waals surface area contributed by atoms with Gasteiger partial charge in [-0.15, -0.1) is 0 Å². The second-order valence-electron chi connectivity index (χ2n) is 4.16. The van der Waals surface area contributed by atoms with Crippen molar-refractivity contribution < 1.29 is 19.8 Å². The van der Waals surface area contributed by atoms with Gasteiger partial charge in [0.25, 0.3) is 0 Å².